The number of aliphatic hydroxyl groups is 1. The van der Waals surface area contributed by atoms with Crippen LogP contribution in [0, 0.1) is 0 Å². The smallest absolute Gasteiger partial charge is 0.392 e. The molecular weight excluding hydrogens is 387 g/mol. The van der Waals surface area contributed by atoms with Gasteiger partial charge < -0.3 is 5.11 Å². The van der Waals surface area contributed by atoms with Crippen LogP contribution in [0.4, 0.5) is 13.2 Å². The third kappa shape index (κ3) is 3.98. The number of nitrogens with zero attached hydrogens (tertiary/aromatic N) is 1. The number of hydrogen-bond acceptors (Lipinski definition) is 2. The molecule has 0 saturated heterocycles. The van der Waals surface area contributed by atoms with Crippen LogP contribution in [0.2, 0.25) is 0 Å². The van der Waals surface area contributed by atoms with Crippen LogP contribution in [0.3, 0.4) is 0 Å². The molecule has 0 aliphatic carbocycles. The van der Waals surface area contributed by atoms with Gasteiger partial charge >= 0.3 is 6.18 Å². The number of halogens is 3. The minimum atomic E-state index is -4.51. The van der Waals surface area contributed by atoms with Crippen LogP contribution in [0.15, 0.2) is 91.1 Å². The standard InChI is InChI=1S/C25H18F3NO/c26-25(27,28)20-14-21(18-7-3-1-4-8-18)24(19-9-5-2-6-10-19)22(15-20)23-13-17(16-30)11-12-29-23/h1-15,30H,16H2. The molecule has 0 radical (unpaired) electrons. The third-order valence-electron chi connectivity index (χ3n) is 4.90. The molecule has 150 valence electrons. The van der Waals surface area contributed by atoms with Crippen molar-refractivity contribution in [3.8, 4) is 33.5 Å². The molecule has 5 heteroatoms. The summed E-state index contributed by atoms with van der Waals surface area (Å²) in [5.74, 6) is 0. The Morgan fingerprint density at radius 1 is 0.733 bits per heavy atom. The van der Waals surface area contributed by atoms with Gasteiger partial charge in [-0.1, -0.05) is 60.7 Å². The maximum Gasteiger partial charge on any atom is 0.416 e. The van der Waals surface area contributed by atoms with Crippen LogP contribution in [0.25, 0.3) is 33.5 Å². The first-order valence-corrected chi connectivity index (χ1v) is 9.39. The first-order valence-electron chi connectivity index (χ1n) is 9.39. The number of hydrogen-bond donors (Lipinski definition) is 1. The molecule has 30 heavy (non-hydrogen) atoms. The van der Waals surface area contributed by atoms with Crippen LogP contribution in [0.1, 0.15) is 11.1 Å². The second-order valence-corrected chi connectivity index (χ2v) is 6.88. The van der Waals surface area contributed by atoms with E-state index in [0.29, 0.717) is 33.5 Å². The fourth-order valence-electron chi connectivity index (χ4n) is 3.49. The van der Waals surface area contributed by atoms with E-state index in [1.165, 1.54) is 12.3 Å². The van der Waals surface area contributed by atoms with Gasteiger partial charge in [-0.15, -0.1) is 0 Å². The average molecular weight is 405 g/mol. The molecule has 0 unspecified atom stereocenters. The normalized spacial score (nSPS) is 11.5. The molecule has 1 heterocycles. The van der Waals surface area contributed by atoms with E-state index in [9.17, 15) is 18.3 Å². The number of alkyl halides is 3. The Morgan fingerprint density at radius 2 is 1.33 bits per heavy atom. The van der Waals surface area contributed by atoms with E-state index in [0.717, 1.165) is 11.6 Å². The van der Waals surface area contributed by atoms with Crippen molar-refractivity contribution in [2.24, 2.45) is 0 Å². The zero-order chi connectivity index (χ0) is 21.1. The zero-order valence-corrected chi connectivity index (χ0v) is 15.9. The van der Waals surface area contributed by atoms with Crippen LogP contribution >= 0.6 is 0 Å². The number of aliphatic hydroxyl groups excluding tert-OH is 1. The zero-order valence-electron chi connectivity index (χ0n) is 15.9. The van der Waals surface area contributed by atoms with E-state index in [1.54, 1.807) is 36.4 Å². The molecule has 0 saturated carbocycles. The van der Waals surface area contributed by atoms with E-state index in [-0.39, 0.29) is 6.61 Å². The fraction of sp³-hybridized carbons (Fsp3) is 0.0800. The molecule has 0 aliphatic heterocycles. The number of benzene rings is 3. The highest BCUT2D eigenvalue weighted by Gasteiger charge is 2.33. The predicted octanol–water partition coefficient (Wildman–Crippen LogP) is 6.59. The second-order valence-electron chi connectivity index (χ2n) is 6.88. The van der Waals surface area contributed by atoms with Gasteiger partial charge in [-0.3, -0.25) is 4.98 Å². The van der Waals surface area contributed by atoms with Crippen molar-refractivity contribution in [3.63, 3.8) is 0 Å². The van der Waals surface area contributed by atoms with Crippen LogP contribution in [-0.4, -0.2) is 10.1 Å². The van der Waals surface area contributed by atoms with E-state index >= 15 is 0 Å². The molecule has 3 aromatic carbocycles. The van der Waals surface area contributed by atoms with Crippen molar-refractivity contribution in [1.29, 1.82) is 0 Å². The lowest BCUT2D eigenvalue weighted by molar-refractivity contribution is -0.137. The summed E-state index contributed by atoms with van der Waals surface area (Å²) < 4.78 is 41.4. The van der Waals surface area contributed by atoms with Gasteiger partial charge in [0.05, 0.1) is 17.9 Å². The highest BCUT2D eigenvalue weighted by atomic mass is 19.4. The number of pyridine rings is 1. The summed E-state index contributed by atoms with van der Waals surface area (Å²) in [6, 6.07) is 23.9. The minimum absolute atomic E-state index is 0.222. The monoisotopic (exact) mass is 405 g/mol. The van der Waals surface area contributed by atoms with Gasteiger partial charge in [0, 0.05) is 11.8 Å². The van der Waals surface area contributed by atoms with Crippen molar-refractivity contribution < 1.29 is 18.3 Å². The molecule has 0 aliphatic rings. The van der Waals surface area contributed by atoms with Gasteiger partial charge in [-0.2, -0.15) is 13.2 Å². The number of aromatic nitrogens is 1. The summed E-state index contributed by atoms with van der Waals surface area (Å²) in [6.45, 7) is -0.222. The summed E-state index contributed by atoms with van der Waals surface area (Å²) in [4.78, 5) is 4.32. The molecular formula is C25H18F3NO. The van der Waals surface area contributed by atoms with Crippen LogP contribution < -0.4 is 0 Å². The summed E-state index contributed by atoms with van der Waals surface area (Å²) in [6.07, 6.45) is -3.01. The van der Waals surface area contributed by atoms with Gasteiger partial charge in [0.25, 0.3) is 0 Å². The molecule has 1 aromatic heterocycles. The Labute approximate surface area is 172 Å². The molecule has 0 spiro atoms. The Bertz CT molecular complexity index is 1160. The van der Waals surface area contributed by atoms with E-state index in [2.05, 4.69) is 4.98 Å². The molecule has 0 fully saturated rings. The summed E-state index contributed by atoms with van der Waals surface area (Å²) in [5.41, 5.74) is 3.19. The van der Waals surface area contributed by atoms with Gasteiger partial charge in [0.2, 0.25) is 0 Å². The summed E-state index contributed by atoms with van der Waals surface area (Å²) in [7, 11) is 0. The molecule has 0 atom stereocenters. The predicted molar refractivity (Wildman–Crippen MR) is 111 cm³/mol. The van der Waals surface area contributed by atoms with Gasteiger partial charge in [0.1, 0.15) is 0 Å². The van der Waals surface area contributed by atoms with Crippen molar-refractivity contribution in [2.45, 2.75) is 12.8 Å². The summed E-state index contributed by atoms with van der Waals surface area (Å²) >= 11 is 0. The molecule has 0 bridgehead atoms. The van der Waals surface area contributed by atoms with Gasteiger partial charge in [-0.25, -0.2) is 0 Å². The third-order valence-corrected chi connectivity index (χ3v) is 4.90. The average Bonchev–Trinajstić information content (AvgIpc) is 2.79. The molecule has 1 N–H and O–H groups in total. The SMILES string of the molecule is OCc1ccnc(-c2cc(C(F)(F)F)cc(-c3ccccc3)c2-c2ccccc2)c1. The second kappa shape index (κ2) is 8.13. The molecule has 0 amide bonds. The van der Waals surface area contributed by atoms with Gasteiger partial charge in [-0.05, 0) is 52.1 Å². The molecule has 4 rings (SSSR count). The van der Waals surface area contributed by atoms with E-state index < -0.39 is 11.7 Å². The highest BCUT2D eigenvalue weighted by molar-refractivity contribution is 5.94. The Hall–Kier alpha value is -3.44. The van der Waals surface area contributed by atoms with Crippen molar-refractivity contribution in [1.82, 2.24) is 4.98 Å². The highest BCUT2D eigenvalue weighted by Crippen LogP contribution is 2.44. The van der Waals surface area contributed by atoms with Crippen molar-refractivity contribution >= 4 is 0 Å². The van der Waals surface area contributed by atoms with Crippen LogP contribution in [-0.2, 0) is 12.8 Å². The van der Waals surface area contributed by atoms with Crippen molar-refractivity contribution in [3.05, 3.63) is 102 Å². The molecule has 2 nitrogen and oxygen atoms in total. The fourth-order valence-corrected chi connectivity index (χ4v) is 3.49. The van der Waals surface area contributed by atoms with Gasteiger partial charge in [0.15, 0.2) is 0 Å². The first-order chi connectivity index (χ1) is 14.5. The number of rotatable bonds is 4. The van der Waals surface area contributed by atoms with Crippen LogP contribution in [0.5, 0.6) is 0 Å². The topological polar surface area (TPSA) is 33.1 Å². The molecule has 4 aromatic rings. The van der Waals surface area contributed by atoms with Crippen molar-refractivity contribution in [2.75, 3.05) is 0 Å². The minimum Gasteiger partial charge on any atom is -0.392 e. The lowest BCUT2D eigenvalue weighted by atomic mass is 9.87. The first kappa shape index (κ1) is 19.9. The lowest BCUT2D eigenvalue weighted by Gasteiger charge is -2.19. The van der Waals surface area contributed by atoms with E-state index in [1.807, 2.05) is 36.4 Å². The lowest BCUT2D eigenvalue weighted by Crippen LogP contribution is -2.07. The van der Waals surface area contributed by atoms with E-state index in [4.69, 9.17) is 0 Å². The summed E-state index contributed by atoms with van der Waals surface area (Å²) in [5, 5.41) is 9.50. The maximum absolute atomic E-state index is 13.8. The maximum atomic E-state index is 13.8. The largest absolute Gasteiger partial charge is 0.416 e. The Morgan fingerprint density at radius 3 is 1.93 bits per heavy atom. The quantitative estimate of drug-likeness (QED) is 0.415. The Kier molecular flexibility index (Phi) is 5.38. The Balaban J connectivity index is 2.11.